The molecule has 2 amide bonds. The predicted octanol–water partition coefficient (Wildman–Crippen LogP) is 2.56. The van der Waals surface area contributed by atoms with E-state index in [2.05, 4.69) is 17.4 Å². The Morgan fingerprint density at radius 2 is 2.05 bits per heavy atom. The molecule has 1 heterocycles. The van der Waals surface area contributed by atoms with E-state index in [1.165, 1.54) is 0 Å². The molecule has 1 rings (SSSR count). The fraction of sp³-hybridized carbons (Fsp3) is 0.714. The SMILES string of the molecule is CCCCN(CCCO)C(=O)Nc1c(C)noc1CC. The van der Waals surface area contributed by atoms with Gasteiger partial charge in [0.05, 0.1) is 0 Å². The number of hydrogen-bond donors (Lipinski definition) is 2. The van der Waals surface area contributed by atoms with E-state index in [1.54, 1.807) is 4.90 Å². The number of hydrogen-bond acceptors (Lipinski definition) is 4. The summed E-state index contributed by atoms with van der Waals surface area (Å²) in [7, 11) is 0. The summed E-state index contributed by atoms with van der Waals surface area (Å²) in [6, 6.07) is -0.159. The minimum absolute atomic E-state index is 0.0857. The van der Waals surface area contributed by atoms with Crippen LogP contribution in [0.15, 0.2) is 4.52 Å². The molecule has 0 saturated carbocycles. The number of rotatable bonds is 8. The zero-order chi connectivity index (χ0) is 15.0. The second-order valence-electron chi connectivity index (χ2n) is 4.77. The molecular formula is C14H25N3O3. The van der Waals surface area contributed by atoms with Crippen molar-refractivity contribution in [2.45, 2.75) is 46.5 Å². The molecular weight excluding hydrogens is 258 g/mol. The summed E-state index contributed by atoms with van der Waals surface area (Å²) in [6.07, 6.45) is 3.24. The van der Waals surface area contributed by atoms with Crippen LogP contribution in [0.4, 0.5) is 10.5 Å². The van der Waals surface area contributed by atoms with Gasteiger partial charge in [0.1, 0.15) is 11.4 Å². The van der Waals surface area contributed by atoms with Crippen LogP contribution in [0.25, 0.3) is 0 Å². The van der Waals surface area contributed by atoms with Crippen molar-refractivity contribution in [1.29, 1.82) is 0 Å². The summed E-state index contributed by atoms with van der Waals surface area (Å²) in [5, 5.41) is 15.7. The number of carbonyl (C=O) groups excluding carboxylic acids is 1. The first-order valence-electron chi connectivity index (χ1n) is 7.25. The van der Waals surface area contributed by atoms with Crippen molar-refractivity contribution in [3.63, 3.8) is 0 Å². The average Bonchev–Trinajstić information content (AvgIpc) is 2.79. The lowest BCUT2D eigenvalue weighted by molar-refractivity contribution is 0.201. The number of urea groups is 1. The number of nitrogens with one attached hydrogen (secondary N) is 1. The van der Waals surface area contributed by atoms with Crippen molar-refractivity contribution in [3.05, 3.63) is 11.5 Å². The fourth-order valence-corrected chi connectivity index (χ4v) is 1.93. The van der Waals surface area contributed by atoms with Crippen LogP contribution in [0.5, 0.6) is 0 Å². The predicted molar refractivity (Wildman–Crippen MR) is 77.8 cm³/mol. The first kappa shape index (κ1) is 16.5. The Kier molecular flexibility index (Phi) is 7.08. The highest BCUT2D eigenvalue weighted by Gasteiger charge is 2.18. The third-order valence-corrected chi connectivity index (χ3v) is 3.14. The van der Waals surface area contributed by atoms with Crippen molar-refractivity contribution < 1.29 is 14.4 Å². The topological polar surface area (TPSA) is 78.6 Å². The van der Waals surface area contributed by atoms with Crippen LogP contribution in [-0.2, 0) is 6.42 Å². The first-order valence-corrected chi connectivity index (χ1v) is 7.25. The molecule has 6 nitrogen and oxygen atoms in total. The van der Waals surface area contributed by atoms with Crippen molar-refractivity contribution in [1.82, 2.24) is 10.1 Å². The molecule has 0 fully saturated rings. The van der Waals surface area contributed by atoms with Gasteiger partial charge in [0.15, 0.2) is 5.76 Å². The van der Waals surface area contributed by atoms with Gasteiger partial charge in [-0.05, 0) is 19.8 Å². The average molecular weight is 283 g/mol. The lowest BCUT2D eigenvalue weighted by atomic mass is 10.2. The minimum atomic E-state index is -0.159. The van der Waals surface area contributed by atoms with Gasteiger partial charge in [-0.3, -0.25) is 0 Å². The van der Waals surface area contributed by atoms with E-state index in [1.807, 2.05) is 13.8 Å². The molecule has 1 aromatic heterocycles. The Hall–Kier alpha value is -1.56. The molecule has 0 atom stereocenters. The number of aryl methyl sites for hydroxylation is 2. The van der Waals surface area contributed by atoms with E-state index in [4.69, 9.17) is 9.63 Å². The molecule has 0 aliphatic heterocycles. The van der Waals surface area contributed by atoms with E-state index >= 15 is 0 Å². The van der Waals surface area contributed by atoms with Gasteiger partial charge in [-0.2, -0.15) is 0 Å². The molecule has 0 aliphatic rings. The van der Waals surface area contributed by atoms with E-state index in [-0.39, 0.29) is 12.6 Å². The molecule has 0 aromatic carbocycles. The fourth-order valence-electron chi connectivity index (χ4n) is 1.93. The maximum atomic E-state index is 12.3. The Morgan fingerprint density at radius 1 is 1.35 bits per heavy atom. The molecule has 0 radical (unpaired) electrons. The molecule has 2 N–H and O–H groups in total. The molecule has 0 saturated heterocycles. The summed E-state index contributed by atoms with van der Waals surface area (Å²) >= 11 is 0. The monoisotopic (exact) mass is 283 g/mol. The number of amides is 2. The summed E-state index contributed by atoms with van der Waals surface area (Å²) in [5.74, 6) is 0.688. The number of carbonyl (C=O) groups is 1. The highest BCUT2D eigenvalue weighted by Crippen LogP contribution is 2.21. The molecule has 114 valence electrons. The number of unbranched alkanes of at least 4 members (excludes halogenated alkanes) is 1. The van der Waals surface area contributed by atoms with Crippen LogP contribution >= 0.6 is 0 Å². The maximum absolute atomic E-state index is 12.3. The second kappa shape index (κ2) is 8.58. The quantitative estimate of drug-likeness (QED) is 0.768. The molecule has 0 aliphatic carbocycles. The van der Waals surface area contributed by atoms with Gasteiger partial charge < -0.3 is 19.8 Å². The van der Waals surface area contributed by atoms with Gasteiger partial charge in [-0.15, -0.1) is 0 Å². The van der Waals surface area contributed by atoms with Crippen LogP contribution < -0.4 is 5.32 Å². The number of nitrogens with zero attached hydrogens (tertiary/aromatic N) is 2. The number of aliphatic hydroxyl groups excluding tert-OH is 1. The Morgan fingerprint density at radius 3 is 2.65 bits per heavy atom. The number of aliphatic hydroxyl groups is 1. The maximum Gasteiger partial charge on any atom is 0.321 e. The largest absolute Gasteiger partial charge is 0.396 e. The third-order valence-electron chi connectivity index (χ3n) is 3.14. The highest BCUT2D eigenvalue weighted by atomic mass is 16.5. The Labute approximate surface area is 120 Å². The van der Waals surface area contributed by atoms with Gasteiger partial charge in [0.25, 0.3) is 0 Å². The zero-order valence-electron chi connectivity index (χ0n) is 12.6. The van der Waals surface area contributed by atoms with Crippen LogP contribution in [0, 0.1) is 6.92 Å². The van der Waals surface area contributed by atoms with Crippen molar-refractivity contribution in [2.24, 2.45) is 0 Å². The van der Waals surface area contributed by atoms with Crippen molar-refractivity contribution >= 4 is 11.7 Å². The minimum Gasteiger partial charge on any atom is -0.396 e. The van der Waals surface area contributed by atoms with Crippen molar-refractivity contribution in [2.75, 3.05) is 25.0 Å². The number of anilines is 1. The van der Waals surface area contributed by atoms with Crippen LogP contribution in [0.1, 0.15) is 44.6 Å². The molecule has 20 heavy (non-hydrogen) atoms. The lowest BCUT2D eigenvalue weighted by Gasteiger charge is -2.22. The van der Waals surface area contributed by atoms with Gasteiger partial charge in [0.2, 0.25) is 0 Å². The van der Waals surface area contributed by atoms with Crippen LogP contribution in [-0.4, -0.2) is 40.9 Å². The second-order valence-corrected chi connectivity index (χ2v) is 4.77. The molecule has 1 aromatic rings. The molecule has 0 unspecified atom stereocenters. The Bertz CT molecular complexity index is 410. The summed E-state index contributed by atoms with van der Waals surface area (Å²) in [4.78, 5) is 14.0. The molecule has 6 heteroatoms. The molecule has 0 bridgehead atoms. The zero-order valence-corrected chi connectivity index (χ0v) is 12.6. The normalized spacial score (nSPS) is 10.6. The summed E-state index contributed by atoms with van der Waals surface area (Å²) in [5.41, 5.74) is 1.36. The molecule has 0 spiro atoms. The first-order chi connectivity index (χ1) is 9.63. The van der Waals surface area contributed by atoms with Crippen LogP contribution in [0.2, 0.25) is 0 Å². The smallest absolute Gasteiger partial charge is 0.321 e. The van der Waals surface area contributed by atoms with Crippen molar-refractivity contribution in [3.8, 4) is 0 Å². The Balaban J connectivity index is 2.70. The lowest BCUT2D eigenvalue weighted by Crippen LogP contribution is -2.37. The van der Waals surface area contributed by atoms with Gasteiger partial charge in [-0.25, -0.2) is 4.79 Å². The standard InChI is InChI=1S/C14H25N3O3/c1-4-6-8-17(9-7-10-18)14(19)15-13-11(3)16-20-12(13)5-2/h18H,4-10H2,1-3H3,(H,15,19). The van der Waals surface area contributed by atoms with E-state index < -0.39 is 0 Å². The van der Waals surface area contributed by atoms with E-state index in [9.17, 15) is 4.79 Å². The van der Waals surface area contributed by atoms with Gasteiger partial charge >= 0.3 is 6.03 Å². The van der Waals surface area contributed by atoms with Gasteiger partial charge in [0, 0.05) is 26.1 Å². The van der Waals surface area contributed by atoms with E-state index in [0.717, 1.165) is 12.8 Å². The summed E-state index contributed by atoms with van der Waals surface area (Å²) in [6.45, 7) is 7.17. The van der Waals surface area contributed by atoms with Gasteiger partial charge in [-0.1, -0.05) is 25.4 Å². The third kappa shape index (κ3) is 4.52. The van der Waals surface area contributed by atoms with E-state index in [0.29, 0.717) is 43.1 Å². The number of aromatic nitrogens is 1. The van der Waals surface area contributed by atoms with Crippen LogP contribution in [0.3, 0.4) is 0 Å². The highest BCUT2D eigenvalue weighted by molar-refractivity contribution is 5.90. The summed E-state index contributed by atoms with van der Waals surface area (Å²) < 4.78 is 5.16.